The molecule has 1 aromatic rings. The number of esters is 1. The van der Waals surface area contributed by atoms with Crippen molar-refractivity contribution in [3.63, 3.8) is 0 Å². The van der Waals surface area contributed by atoms with Gasteiger partial charge in [0.1, 0.15) is 6.04 Å². The standard InChI is InChI=1S/C22H24BrClN2O5/c1-10(2)19(26-20(28)17-11-3-4-12(7-11)18(17)21(26)29)22(30)31-9-16(27)25-13-5-6-14(23)15(24)8-13/h5-6,8,10-12,17-19H,3-4,7,9H2,1-2H3,(H,25,27)/t11-,12-,17+,18+,19+/m0/s1. The molecule has 3 amide bonds. The summed E-state index contributed by atoms with van der Waals surface area (Å²) >= 11 is 9.29. The van der Waals surface area contributed by atoms with Gasteiger partial charge in [0, 0.05) is 10.2 Å². The first-order chi connectivity index (χ1) is 14.7. The van der Waals surface area contributed by atoms with Crippen molar-refractivity contribution >= 4 is 56.9 Å². The maximum Gasteiger partial charge on any atom is 0.330 e. The number of benzene rings is 1. The third-order valence-corrected chi connectivity index (χ3v) is 7.89. The van der Waals surface area contributed by atoms with Gasteiger partial charge in [-0.2, -0.15) is 0 Å². The van der Waals surface area contributed by atoms with Crippen molar-refractivity contribution in [1.29, 1.82) is 0 Å². The minimum atomic E-state index is -1.03. The van der Waals surface area contributed by atoms with Crippen LogP contribution in [0.25, 0.3) is 0 Å². The fourth-order valence-corrected chi connectivity index (χ4v) is 5.80. The molecule has 1 aromatic carbocycles. The van der Waals surface area contributed by atoms with Crippen molar-refractivity contribution in [2.24, 2.45) is 29.6 Å². The van der Waals surface area contributed by atoms with Crippen molar-refractivity contribution in [3.8, 4) is 0 Å². The molecule has 7 nitrogen and oxygen atoms in total. The van der Waals surface area contributed by atoms with E-state index >= 15 is 0 Å². The zero-order valence-electron chi connectivity index (χ0n) is 17.3. The van der Waals surface area contributed by atoms with Gasteiger partial charge in [0.15, 0.2) is 6.61 Å². The normalized spacial score (nSPS) is 27.6. The van der Waals surface area contributed by atoms with Crippen LogP contribution in [0, 0.1) is 29.6 Å². The number of likely N-dealkylation sites (tertiary alicyclic amines) is 1. The van der Waals surface area contributed by atoms with E-state index in [1.54, 1.807) is 32.0 Å². The third kappa shape index (κ3) is 4.00. The predicted molar refractivity (Wildman–Crippen MR) is 117 cm³/mol. The molecule has 2 bridgehead atoms. The third-order valence-electron chi connectivity index (χ3n) is 6.66. The van der Waals surface area contributed by atoms with E-state index in [0.29, 0.717) is 15.2 Å². The number of nitrogens with one attached hydrogen (secondary N) is 1. The Bertz CT molecular complexity index is 924. The molecular formula is C22H24BrClN2O5. The molecule has 4 rings (SSSR count). The van der Waals surface area contributed by atoms with E-state index in [1.165, 1.54) is 0 Å². The molecule has 3 fully saturated rings. The van der Waals surface area contributed by atoms with Gasteiger partial charge >= 0.3 is 5.97 Å². The molecule has 0 unspecified atom stereocenters. The molecule has 0 radical (unpaired) electrons. The number of hydrogen-bond acceptors (Lipinski definition) is 5. The summed E-state index contributed by atoms with van der Waals surface area (Å²) < 4.78 is 5.91. The molecule has 5 atom stereocenters. The summed E-state index contributed by atoms with van der Waals surface area (Å²) in [5.41, 5.74) is 0.461. The molecule has 1 aliphatic heterocycles. The van der Waals surface area contributed by atoms with Gasteiger partial charge in [-0.1, -0.05) is 25.4 Å². The van der Waals surface area contributed by atoms with Gasteiger partial charge in [0.2, 0.25) is 11.8 Å². The number of ether oxygens (including phenoxy) is 1. The second kappa shape index (κ2) is 8.54. The molecule has 9 heteroatoms. The van der Waals surface area contributed by atoms with Crippen molar-refractivity contribution in [1.82, 2.24) is 4.90 Å². The monoisotopic (exact) mass is 510 g/mol. The summed E-state index contributed by atoms with van der Waals surface area (Å²) in [7, 11) is 0. The minimum Gasteiger partial charge on any atom is -0.454 e. The lowest BCUT2D eigenvalue weighted by Crippen LogP contribution is -2.50. The van der Waals surface area contributed by atoms with E-state index in [9.17, 15) is 19.2 Å². The van der Waals surface area contributed by atoms with Crippen LogP contribution < -0.4 is 5.32 Å². The van der Waals surface area contributed by atoms with Gasteiger partial charge in [0.25, 0.3) is 5.91 Å². The molecule has 0 spiro atoms. The van der Waals surface area contributed by atoms with Crippen LogP contribution in [0.15, 0.2) is 22.7 Å². The molecule has 3 aliphatic rings. The number of halogens is 2. The summed E-state index contributed by atoms with van der Waals surface area (Å²) in [6.45, 7) is 3.00. The highest BCUT2D eigenvalue weighted by Gasteiger charge is 2.62. The highest BCUT2D eigenvalue weighted by atomic mass is 79.9. The van der Waals surface area contributed by atoms with Crippen molar-refractivity contribution in [2.45, 2.75) is 39.2 Å². The van der Waals surface area contributed by atoms with Gasteiger partial charge in [-0.25, -0.2) is 4.79 Å². The van der Waals surface area contributed by atoms with E-state index in [4.69, 9.17) is 16.3 Å². The summed E-state index contributed by atoms with van der Waals surface area (Å²) in [5, 5.41) is 3.03. The lowest BCUT2D eigenvalue weighted by Gasteiger charge is -2.28. The predicted octanol–water partition coefficient (Wildman–Crippen LogP) is 3.64. The number of carbonyl (C=O) groups excluding carboxylic acids is 4. The molecule has 1 saturated heterocycles. The molecule has 166 valence electrons. The number of imide groups is 1. The Kier molecular flexibility index (Phi) is 6.14. The van der Waals surface area contributed by atoms with Crippen LogP contribution in [0.4, 0.5) is 5.69 Å². The van der Waals surface area contributed by atoms with Crippen LogP contribution in [0.3, 0.4) is 0 Å². The first-order valence-corrected chi connectivity index (χ1v) is 11.6. The SMILES string of the molecule is CC(C)[C@H](C(=O)OCC(=O)Nc1ccc(Br)c(Cl)c1)N1C(=O)[C@@H]2[C@H]3CC[C@@H](C3)[C@H]2C1=O. The molecule has 1 N–H and O–H groups in total. The smallest absolute Gasteiger partial charge is 0.330 e. The van der Waals surface area contributed by atoms with E-state index in [2.05, 4.69) is 21.2 Å². The first kappa shape index (κ1) is 22.3. The number of carbonyl (C=O) groups is 4. The molecular weight excluding hydrogens is 488 g/mol. The van der Waals surface area contributed by atoms with Gasteiger partial charge in [-0.15, -0.1) is 0 Å². The second-order valence-electron chi connectivity index (χ2n) is 8.90. The number of rotatable bonds is 6. The molecule has 0 aromatic heterocycles. The Morgan fingerprint density at radius 2 is 1.81 bits per heavy atom. The molecule has 2 aliphatic carbocycles. The maximum absolute atomic E-state index is 13.1. The zero-order chi connectivity index (χ0) is 22.4. The summed E-state index contributed by atoms with van der Waals surface area (Å²) in [5.74, 6) is -2.25. The van der Waals surface area contributed by atoms with Gasteiger partial charge in [-0.3, -0.25) is 19.3 Å². The fourth-order valence-electron chi connectivity index (χ4n) is 5.37. The lowest BCUT2D eigenvalue weighted by molar-refractivity contribution is -0.162. The number of anilines is 1. The van der Waals surface area contributed by atoms with Crippen LogP contribution in [0.5, 0.6) is 0 Å². The Hall–Kier alpha value is -1.93. The minimum absolute atomic E-state index is 0.240. The largest absolute Gasteiger partial charge is 0.454 e. The lowest BCUT2D eigenvalue weighted by atomic mass is 9.81. The molecule has 1 heterocycles. The number of amides is 3. The van der Waals surface area contributed by atoms with Gasteiger partial charge in [0.05, 0.1) is 16.9 Å². The second-order valence-corrected chi connectivity index (χ2v) is 10.2. The summed E-state index contributed by atoms with van der Waals surface area (Å²) in [6.07, 6.45) is 2.86. The van der Waals surface area contributed by atoms with E-state index < -0.39 is 24.5 Å². The summed E-state index contributed by atoms with van der Waals surface area (Å²) in [4.78, 5) is 52.3. The average Bonchev–Trinajstić information content (AvgIpc) is 3.39. The Balaban J connectivity index is 1.41. The van der Waals surface area contributed by atoms with Crippen LogP contribution in [0.1, 0.15) is 33.1 Å². The Morgan fingerprint density at radius 3 is 2.35 bits per heavy atom. The van der Waals surface area contributed by atoms with Crippen LogP contribution in [0.2, 0.25) is 5.02 Å². The van der Waals surface area contributed by atoms with Crippen molar-refractivity contribution < 1.29 is 23.9 Å². The van der Waals surface area contributed by atoms with Gasteiger partial charge < -0.3 is 10.1 Å². The average molecular weight is 512 g/mol. The Labute approximate surface area is 193 Å². The van der Waals surface area contributed by atoms with Gasteiger partial charge in [-0.05, 0) is 71.1 Å². The number of hydrogen-bond donors (Lipinski definition) is 1. The molecule has 31 heavy (non-hydrogen) atoms. The fraction of sp³-hybridized carbons (Fsp3) is 0.545. The van der Waals surface area contributed by atoms with Crippen molar-refractivity contribution in [3.05, 3.63) is 27.7 Å². The highest BCUT2D eigenvalue weighted by Crippen LogP contribution is 2.56. The van der Waals surface area contributed by atoms with Crippen LogP contribution in [-0.4, -0.2) is 41.2 Å². The quantitative estimate of drug-likeness (QED) is 0.465. The van der Waals surface area contributed by atoms with Crippen LogP contribution in [-0.2, 0) is 23.9 Å². The maximum atomic E-state index is 13.1. The zero-order valence-corrected chi connectivity index (χ0v) is 19.6. The first-order valence-electron chi connectivity index (χ1n) is 10.5. The Morgan fingerprint density at radius 1 is 1.19 bits per heavy atom. The van der Waals surface area contributed by atoms with E-state index in [-0.39, 0.29) is 41.4 Å². The number of nitrogens with zero attached hydrogens (tertiary/aromatic N) is 1. The summed E-state index contributed by atoms with van der Waals surface area (Å²) in [6, 6.07) is 3.88. The molecule has 2 saturated carbocycles. The van der Waals surface area contributed by atoms with E-state index in [0.717, 1.165) is 24.2 Å². The van der Waals surface area contributed by atoms with Crippen LogP contribution >= 0.6 is 27.5 Å². The number of fused-ring (bicyclic) bond motifs is 5. The topological polar surface area (TPSA) is 92.8 Å². The highest BCUT2D eigenvalue weighted by molar-refractivity contribution is 9.10. The van der Waals surface area contributed by atoms with E-state index in [1.807, 2.05) is 0 Å². The van der Waals surface area contributed by atoms with Crippen molar-refractivity contribution in [2.75, 3.05) is 11.9 Å².